The Morgan fingerprint density at radius 2 is 2.23 bits per heavy atom. The number of hydrogen-bond acceptors (Lipinski definition) is 2. The van der Waals surface area contributed by atoms with Crippen molar-refractivity contribution in [1.82, 2.24) is 10.3 Å². The molecular formula is C9H17N3O. The van der Waals surface area contributed by atoms with Crippen molar-refractivity contribution in [2.75, 3.05) is 13.6 Å². The van der Waals surface area contributed by atoms with Crippen molar-refractivity contribution in [3.8, 4) is 0 Å². The van der Waals surface area contributed by atoms with Crippen molar-refractivity contribution >= 4 is 6.03 Å². The summed E-state index contributed by atoms with van der Waals surface area (Å²) in [5.74, 6) is 5.48. The van der Waals surface area contributed by atoms with Gasteiger partial charge in [0.2, 0.25) is 0 Å². The molecule has 2 amide bonds. The van der Waals surface area contributed by atoms with Gasteiger partial charge in [-0.1, -0.05) is 18.2 Å². The first kappa shape index (κ1) is 11.7. The van der Waals surface area contributed by atoms with Crippen LogP contribution in [0.4, 0.5) is 4.79 Å². The molecule has 74 valence electrons. The molecule has 0 aromatic carbocycles. The van der Waals surface area contributed by atoms with Crippen molar-refractivity contribution in [1.29, 1.82) is 0 Å². The van der Waals surface area contributed by atoms with Gasteiger partial charge in [-0.15, -0.1) is 0 Å². The van der Waals surface area contributed by atoms with E-state index in [0.717, 1.165) is 16.2 Å². The highest BCUT2D eigenvalue weighted by Crippen LogP contribution is 2.06. The van der Waals surface area contributed by atoms with Crippen LogP contribution in [0.15, 0.2) is 23.8 Å². The van der Waals surface area contributed by atoms with Gasteiger partial charge in [-0.2, -0.15) is 0 Å². The molecule has 0 atom stereocenters. The number of urea groups is 1. The van der Waals surface area contributed by atoms with Gasteiger partial charge >= 0.3 is 6.03 Å². The fourth-order valence-electron chi connectivity index (χ4n) is 0.872. The minimum absolute atomic E-state index is 0.305. The van der Waals surface area contributed by atoms with Crippen molar-refractivity contribution < 1.29 is 4.79 Å². The third kappa shape index (κ3) is 3.75. The molecule has 3 N–H and O–H groups in total. The Bertz CT molecular complexity index is 233. The maximum absolute atomic E-state index is 11.0. The summed E-state index contributed by atoms with van der Waals surface area (Å²) in [6, 6.07) is -0.305. The van der Waals surface area contributed by atoms with Crippen LogP contribution in [0, 0.1) is 0 Å². The van der Waals surface area contributed by atoms with Crippen LogP contribution in [-0.4, -0.2) is 24.6 Å². The highest BCUT2D eigenvalue weighted by molar-refractivity contribution is 5.73. The third-order valence-corrected chi connectivity index (χ3v) is 1.71. The van der Waals surface area contributed by atoms with Crippen LogP contribution in [0.25, 0.3) is 0 Å². The van der Waals surface area contributed by atoms with Gasteiger partial charge in [0.15, 0.2) is 0 Å². The van der Waals surface area contributed by atoms with E-state index in [9.17, 15) is 4.79 Å². The predicted molar refractivity (Wildman–Crippen MR) is 53.9 cm³/mol. The quantitative estimate of drug-likeness (QED) is 0.297. The Morgan fingerprint density at radius 3 is 2.54 bits per heavy atom. The Balaban J connectivity index is 4.26. The van der Waals surface area contributed by atoms with Gasteiger partial charge in [0.05, 0.1) is 6.54 Å². The van der Waals surface area contributed by atoms with Gasteiger partial charge in [-0.3, -0.25) is 5.01 Å². The highest BCUT2D eigenvalue weighted by atomic mass is 16.2. The molecule has 0 fully saturated rings. The molecule has 0 aliphatic heterocycles. The van der Waals surface area contributed by atoms with E-state index < -0.39 is 0 Å². The molecule has 0 aromatic heterocycles. The summed E-state index contributed by atoms with van der Waals surface area (Å²) in [6.45, 7) is 7.94. The first-order chi connectivity index (χ1) is 6.02. The zero-order valence-electron chi connectivity index (χ0n) is 8.42. The maximum Gasteiger partial charge on any atom is 0.331 e. The average Bonchev–Trinajstić information content (AvgIpc) is 2.11. The van der Waals surface area contributed by atoms with Gasteiger partial charge in [-0.05, 0) is 19.4 Å². The van der Waals surface area contributed by atoms with Crippen molar-refractivity contribution in [2.45, 2.75) is 13.8 Å². The normalized spacial score (nSPS) is 10.9. The lowest BCUT2D eigenvalue weighted by Gasteiger charge is -2.17. The Morgan fingerprint density at radius 1 is 1.69 bits per heavy atom. The van der Waals surface area contributed by atoms with Crippen LogP contribution in [0.2, 0.25) is 0 Å². The largest absolute Gasteiger partial charge is 0.340 e. The number of nitrogens with one attached hydrogen (secondary N) is 1. The predicted octanol–water partition coefficient (Wildman–Crippen LogP) is 1.02. The van der Waals surface area contributed by atoms with E-state index in [1.54, 1.807) is 0 Å². The topological polar surface area (TPSA) is 58.4 Å². The van der Waals surface area contributed by atoms with Gasteiger partial charge in [-0.25, -0.2) is 10.6 Å². The Kier molecular flexibility index (Phi) is 4.84. The number of rotatable bonds is 3. The number of allylic oxidation sites excluding steroid dienone is 1. The molecule has 0 rings (SSSR count). The number of nitrogens with two attached hydrogens (primary N) is 1. The molecule has 0 aliphatic carbocycles. The molecule has 13 heavy (non-hydrogen) atoms. The van der Waals surface area contributed by atoms with Gasteiger partial charge in [0.25, 0.3) is 0 Å². The number of hydrogen-bond donors (Lipinski definition) is 2. The molecule has 4 nitrogen and oxygen atoms in total. The fraction of sp³-hybridized carbons (Fsp3) is 0.444. The van der Waals surface area contributed by atoms with E-state index in [-0.39, 0.29) is 6.03 Å². The first-order valence-corrected chi connectivity index (χ1v) is 4.08. The number of nitrogens with zero attached hydrogens (tertiary/aromatic N) is 1. The molecule has 4 heteroatoms. The lowest BCUT2D eigenvalue weighted by Crippen LogP contribution is -2.44. The highest BCUT2D eigenvalue weighted by Gasteiger charge is 2.08. The molecule has 0 saturated heterocycles. The van der Waals surface area contributed by atoms with Crippen LogP contribution in [0.3, 0.4) is 0 Å². The summed E-state index contributed by atoms with van der Waals surface area (Å²) in [5.41, 5.74) is 1.88. The van der Waals surface area contributed by atoms with Crippen LogP contribution in [0.5, 0.6) is 0 Å². The summed E-state index contributed by atoms with van der Waals surface area (Å²) in [7, 11) is 1.54. The monoisotopic (exact) mass is 183 g/mol. The Hall–Kier alpha value is -1.29. The van der Waals surface area contributed by atoms with Gasteiger partial charge < -0.3 is 5.32 Å². The molecule has 0 saturated carbocycles. The van der Waals surface area contributed by atoms with Crippen LogP contribution in [0.1, 0.15) is 13.8 Å². The van der Waals surface area contributed by atoms with E-state index in [4.69, 9.17) is 5.84 Å². The lowest BCUT2D eigenvalue weighted by atomic mass is 10.1. The summed E-state index contributed by atoms with van der Waals surface area (Å²) in [6.07, 6.45) is 1.89. The number of carbonyl (C=O) groups excluding carboxylic acids is 1. The van der Waals surface area contributed by atoms with Crippen LogP contribution in [-0.2, 0) is 0 Å². The summed E-state index contributed by atoms with van der Waals surface area (Å²) in [4.78, 5) is 11.0. The van der Waals surface area contributed by atoms with Crippen molar-refractivity contribution in [3.63, 3.8) is 0 Å². The first-order valence-electron chi connectivity index (χ1n) is 4.08. The molecule has 0 unspecified atom stereocenters. The zero-order valence-corrected chi connectivity index (χ0v) is 8.42. The number of amides is 2. The Labute approximate surface area is 79.1 Å². The van der Waals surface area contributed by atoms with Crippen LogP contribution < -0.4 is 11.2 Å². The number of carbonyl (C=O) groups is 1. The second-order valence-corrected chi connectivity index (χ2v) is 2.78. The molecule has 0 bridgehead atoms. The second-order valence-electron chi connectivity index (χ2n) is 2.78. The maximum atomic E-state index is 11.0. The molecule has 0 radical (unpaired) electrons. The summed E-state index contributed by atoms with van der Waals surface area (Å²) >= 11 is 0. The van der Waals surface area contributed by atoms with Crippen molar-refractivity contribution in [3.05, 3.63) is 23.8 Å². The van der Waals surface area contributed by atoms with E-state index in [1.807, 2.05) is 19.9 Å². The zero-order chi connectivity index (χ0) is 10.4. The standard InChI is InChI=1S/C9H17N3O/c1-5-8(7(2)3)6-12(10)9(13)11-4/h5H,2,6,10H2,1,3-4H3,(H,11,13)/b8-5-. The summed E-state index contributed by atoms with van der Waals surface area (Å²) in [5, 5.41) is 3.55. The van der Waals surface area contributed by atoms with Gasteiger partial charge in [0.1, 0.15) is 0 Å². The minimum Gasteiger partial charge on any atom is -0.340 e. The fourth-order valence-corrected chi connectivity index (χ4v) is 0.872. The van der Waals surface area contributed by atoms with E-state index in [2.05, 4.69) is 11.9 Å². The molecule has 0 spiro atoms. The van der Waals surface area contributed by atoms with E-state index in [0.29, 0.717) is 6.54 Å². The van der Waals surface area contributed by atoms with Crippen molar-refractivity contribution in [2.24, 2.45) is 5.84 Å². The average molecular weight is 183 g/mol. The van der Waals surface area contributed by atoms with E-state index in [1.165, 1.54) is 7.05 Å². The lowest BCUT2D eigenvalue weighted by molar-refractivity contribution is 0.206. The molecule has 0 heterocycles. The second kappa shape index (κ2) is 5.37. The molecular weight excluding hydrogens is 166 g/mol. The molecule has 0 aliphatic rings. The van der Waals surface area contributed by atoms with E-state index >= 15 is 0 Å². The molecule has 0 aromatic rings. The minimum atomic E-state index is -0.305. The third-order valence-electron chi connectivity index (χ3n) is 1.71. The smallest absolute Gasteiger partial charge is 0.331 e. The van der Waals surface area contributed by atoms with Gasteiger partial charge in [0, 0.05) is 7.05 Å². The summed E-state index contributed by atoms with van der Waals surface area (Å²) < 4.78 is 0. The van der Waals surface area contributed by atoms with Crippen LogP contribution >= 0.6 is 0 Å². The number of hydrazine groups is 1. The SMILES string of the molecule is C=C(C)/C(=C\C)CN(N)C(=O)NC.